The van der Waals surface area contributed by atoms with Crippen LogP contribution in [-0.4, -0.2) is 40.8 Å². The van der Waals surface area contributed by atoms with Gasteiger partial charge in [0.05, 0.1) is 17.1 Å². The molecule has 1 N–H and O–H groups in total. The Morgan fingerprint density at radius 3 is 2.93 bits per heavy atom. The fraction of sp³-hybridized carbons (Fsp3) is 0.150. The van der Waals surface area contributed by atoms with Gasteiger partial charge in [-0.05, 0) is 37.3 Å². The number of aromatic nitrogens is 2. The molecule has 0 bridgehead atoms. The van der Waals surface area contributed by atoms with Gasteiger partial charge in [0.15, 0.2) is 19.0 Å². The van der Waals surface area contributed by atoms with Gasteiger partial charge in [0.2, 0.25) is 0 Å². The summed E-state index contributed by atoms with van der Waals surface area (Å²) < 4.78 is 10.4. The third kappa shape index (κ3) is 3.99. The van der Waals surface area contributed by atoms with Gasteiger partial charge in [-0.2, -0.15) is 0 Å². The Morgan fingerprint density at radius 1 is 1.28 bits per heavy atom. The average molecular weight is 409 g/mol. The van der Waals surface area contributed by atoms with Crippen LogP contribution in [0.5, 0.6) is 5.75 Å². The second-order valence-corrected chi connectivity index (χ2v) is 7.19. The first-order chi connectivity index (χ1) is 14.0. The zero-order valence-corrected chi connectivity index (χ0v) is 16.1. The smallest absolute Gasteiger partial charge is 0.350 e. The molecule has 0 saturated carbocycles. The SMILES string of the molecule is Cc1nc(-c2ccccn2)sc1C(=O)OCC(=O)c1ccc2c(c1)NC(=O)CO2. The highest BCUT2D eigenvalue weighted by atomic mass is 32.1. The molecule has 146 valence electrons. The van der Waals surface area contributed by atoms with Crippen molar-refractivity contribution in [2.45, 2.75) is 6.92 Å². The maximum Gasteiger partial charge on any atom is 0.350 e. The minimum atomic E-state index is -0.620. The van der Waals surface area contributed by atoms with Gasteiger partial charge in [-0.25, -0.2) is 9.78 Å². The Bertz CT molecular complexity index is 1110. The number of ether oxygens (including phenoxy) is 2. The number of benzene rings is 1. The fourth-order valence-corrected chi connectivity index (χ4v) is 3.66. The molecule has 1 aromatic carbocycles. The van der Waals surface area contributed by atoms with Crippen molar-refractivity contribution < 1.29 is 23.9 Å². The van der Waals surface area contributed by atoms with Crippen LogP contribution < -0.4 is 10.1 Å². The van der Waals surface area contributed by atoms with Gasteiger partial charge >= 0.3 is 5.97 Å². The average Bonchev–Trinajstić information content (AvgIpc) is 3.13. The first-order valence-corrected chi connectivity index (χ1v) is 9.49. The molecule has 2 aromatic heterocycles. The van der Waals surface area contributed by atoms with Crippen molar-refractivity contribution >= 4 is 34.7 Å². The van der Waals surface area contributed by atoms with Crippen LogP contribution in [0.4, 0.5) is 5.69 Å². The normalized spacial score (nSPS) is 12.5. The molecule has 1 amide bonds. The number of ketones is 1. The summed E-state index contributed by atoms with van der Waals surface area (Å²) in [6, 6.07) is 10.1. The summed E-state index contributed by atoms with van der Waals surface area (Å²) in [4.78, 5) is 45.1. The van der Waals surface area contributed by atoms with Crippen LogP contribution in [0.3, 0.4) is 0 Å². The van der Waals surface area contributed by atoms with E-state index in [1.54, 1.807) is 37.4 Å². The number of thiazole rings is 1. The molecule has 1 aliphatic rings. The first kappa shape index (κ1) is 18.8. The van der Waals surface area contributed by atoms with E-state index in [2.05, 4.69) is 15.3 Å². The van der Waals surface area contributed by atoms with Crippen LogP contribution in [0.15, 0.2) is 42.6 Å². The number of hydrogen-bond donors (Lipinski definition) is 1. The zero-order chi connectivity index (χ0) is 20.4. The number of Topliss-reactive ketones (excluding diaryl/α,β-unsaturated/α-hetero) is 1. The molecule has 0 unspecified atom stereocenters. The maximum absolute atomic E-state index is 12.4. The third-order valence-corrected chi connectivity index (χ3v) is 5.29. The topological polar surface area (TPSA) is 107 Å². The monoisotopic (exact) mass is 409 g/mol. The fourth-order valence-electron chi connectivity index (χ4n) is 2.72. The standard InChI is InChI=1S/C20H15N3O5S/c1-11-18(29-19(22-11)13-4-2-3-7-21-13)20(26)28-9-15(24)12-5-6-16-14(8-12)23-17(25)10-27-16/h2-8H,9-10H2,1H3,(H,23,25). The Balaban J connectivity index is 1.44. The third-order valence-electron chi connectivity index (χ3n) is 4.13. The van der Waals surface area contributed by atoms with Crippen LogP contribution in [-0.2, 0) is 9.53 Å². The number of carbonyl (C=O) groups excluding carboxylic acids is 3. The molecule has 4 rings (SSSR count). The highest BCUT2D eigenvalue weighted by Gasteiger charge is 2.21. The second kappa shape index (κ2) is 7.80. The lowest BCUT2D eigenvalue weighted by Crippen LogP contribution is -2.25. The molecule has 29 heavy (non-hydrogen) atoms. The minimum Gasteiger partial charge on any atom is -0.482 e. The van der Waals surface area contributed by atoms with Gasteiger partial charge in [-0.3, -0.25) is 14.6 Å². The zero-order valence-electron chi connectivity index (χ0n) is 15.3. The lowest BCUT2D eigenvalue weighted by atomic mass is 10.1. The summed E-state index contributed by atoms with van der Waals surface area (Å²) in [6.45, 7) is 1.21. The molecule has 0 spiro atoms. The number of fused-ring (bicyclic) bond motifs is 1. The van der Waals surface area contributed by atoms with Crippen molar-refractivity contribution in [2.24, 2.45) is 0 Å². The van der Waals surface area contributed by atoms with E-state index in [1.165, 1.54) is 6.07 Å². The Hall–Kier alpha value is -3.59. The summed E-state index contributed by atoms with van der Waals surface area (Å²) in [5.74, 6) is -0.823. The number of carbonyl (C=O) groups is 3. The summed E-state index contributed by atoms with van der Waals surface area (Å²) in [5, 5.41) is 3.24. The number of amides is 1. The lowest BCUT2D eigenvalue weighted by Gasteiger charge is -2.18. The number of rotatable bonds is 5. The van der Waals surface area contributed by atoms with Gasteiger partial charge in [-0.15, -0.1) is 11.3 Å². The molecule has 0 saturated heterocycles. The highest BCUT2D eigenvalue weighted by molar-refractivity contribution is 7.17. The number of aryl methyl sites for hydroxylation is 1. The number of nitrogens with zero attached hydrogens (tertiary/aromatic N) is 2. The van der Waals surface area contributed by atoms with E-state index in [1.807, 2.05) is 6.07 Å². The van der Waals surface area contributed by atoms with Gasteiger partial charge in [0.1, 0.15) is 15.6 Å². The maximum atomic E-state index is 12.4. The Labute approximate surface area is 169 Å². The highest BCUT2D eigenvalue weighted by Crippen LogP contribution is 2.29. The number of hydrogen-bond acceptors (Lipinski definition) is 8. The molecule has 9 heteroatoms. The van der Waals surface area contributed by atoms with Crippen molar-refractivity contribution in [3.8, 4) is 16.5 Å². The van der Waals surface area contributed by atoms with Crippen molar-refractivity contribution in [3.63, 3.8) is 0 Å². The number of pyridine rings is 1. The molecular weight excluding hydrogens is 394 g/mol. The van der Waals surface area contributed by atoms with Gasteiger partial charge in [-0.1, -0.05) is 6.07 Å². The van der Waals surface area contributed by atoms with E-state index in [0.29, 0.717) is 38.3 Å². The predicted molar refractivity (Wildman–Crippen MR) is 105 cm³/mol. The molecule has 8 nitrogen and oxygen atoms in total. The molecule has 1 aliphatic heterocycles. The minimum absolute atomic E-state index is 0.0629. The predicted octanol–water partition coefficient (Wildman–Crippen LogP) is 2.88. The number of nitrogens with one attached hydrogen (secondary N) is 1. The molecule has 3 heterocycles. The molecule has 0 fully saturated rings. The Morgan fingerprint density at radius 2 is 2.14 bits per heavy atom. The van der Waals surface area contributed by atoms with Crippen molar-refractivity contribution in [3.05, 3.63) is 58.7 Å². The van der Waals surface area contributed by atoms with Crippen LogP contribution in [0.1, 0.15) is 25.7 Å². The quantitative estimate of drug-likeness (QED) is 0.510. The molecular formula is C20H15N3O5S. The van der Waals surface area contributed by atoms with Gasteiger partial charge in [0, 0.05) is 11.8 Å². The van der Waals surface area contributed by atoms with Crippen LogP contribution in [0.25, 0.3) is 10.7 Å². The van der Waals surface area contributed by atoms with Crippen LogP contribution in [0.2, 0.25) is 0 Å². The summed E-state index contributed by atoms with van der Waals surface area (Å²) in [7, 11) is 0. The van der Waals surface area contributed by atoms with Crippen molar-refractivity contribution in [1.29, 1.82) is 0 Å². The lowest BCUT2D eigenvalue weighted by molar-refractivity contribution is -0.118. The van der Waals surface area contributed by atoms with E-state index in [-0.39, 0.29) is 12.5 Å². The second-order valence-electron chi connectivity index (χ2n) is 6.20. The summed E-state index contributed by atoms with van der Waals surface area (Å²) >= 11 is 1.16. The van der Waals surface area contributed by atoms with E-state index < -0.39 is 18.4 Å². The van der Waals surface area contributed by atoms with Gasteiger partial charge in [0.25, 0.3) is 5.91 Å². The van der Waals surface area contributed by atoms with E-state index in [4.69, 9.17) is 9.47 Å². The van der Waals surface area contributed by atoms with Crippen molar-refractivity contribution in [1.82, 2.24) is 9.97 Å². The summed E-state index contributed by atoms with van der Waals surface area (Å²) in [6.07, 6.45) is 1.65. The molecule has 0 radical (unpaired) electrons. The van der Waals surface area contributed by atoms with E-state index in [0.717, 1.165) is 11.3 Å². The Kier molecular flexibility index (Phi) is 5.05. The van der Waals surface area contributed by atoms with Gasteiger partial charge < -0.3 is 14.8 Å². The van der Waals surface area contributed by atoms with Crippen molar-refractivity contribution in [2.75, 3.05) is 18.5 Å². The van der Waals surface area contributed by atoms with E-state index in [9.17, 15) is 14.4 Å². The molecule has 3 aromatic rings. The van der Waals surface area contributed by atoms with Crippen LogP contribution in [0, 0.1) is 6.92 Å². The number of esters is 1. The number of anilines is 1. The molecule has 0 aliphatic carbocycles. The van der Waals surface area contributed by atoms with Crippen LogP contribution >= 0.6 is 11.3 Å². The first-order valence-electron chi connectivity index (χ1n) is 8.67. The van der Waals surface area contributed by atoms with E-state index >= 15 is 0 Å². The largest absolute Gasteiger partial charge is 0.482 e. The molecule has 0 atom stereocenters. The summed E-state index contributed by atoms with van der Waals surface area (Å²) in [5.41, 5.74) is 1.89.